The van der Waals surface area contributed by atoms with Crippen LogP contribution in [0, 0.1) is 5.82 Å². The van der Waals surface area contributed by atoms with Crippen molar-refractivity contribution < 1.29 is 17.6 Å². The zero-order chi connectivity index (χ0) is 19.6. The second kappa shape index (κ2) is 7.52. The Morgan fingerprint density at radius 1 is 1.11 bits per heavy atom. The molecule has 0 bridgehead atoms. The minimum atomic E-state index is -3.79. The third-order valence-electron chi connectivity index (χ3n) is 4.15. The number of sulfone groups is 1. The number of fused-ring (bicyclic) bond motifs is 1. The normalized spacial score (nSPS) is 11.9. The third kappa shape index (κ3) is 4.19. The number of hydrogen-bond acceptors (Lipinski definition) is 3. The summed E-state index contributed by atoms with van der Waals surface area (Å²) in [5.74, 6) is -1.20. The molecule has 0 aliphatic rings. The zero-order valence-corrected chi connectivity index (χ0v) is 16.0. The van der Waals surface area contributed by atoms with E-state index in [0.717, 1.165) is 0 Å². The van der Waals surface area contributed by atoms with Gasteiger partial charge in [-0.25, -0.2) is 12.8 Å². The monoisotopic (exact) mass is 388 g/mol. The van der Waals surface area contributed by atoms with E-state index in [2.05, 4.69) is 5.32 Å². The lowest BCUT2D eigenvalue weighted by atomic mass is 10.2. The quantitative estimate of drug-likeness (QED) is 0.705. The number of aromatic nitrogens is 1. The van der Waals surface area contributed by atoms with Crippen LogP contribution in [0.4, 0.5) is 4.39 Å². The standard InChI is InChI=1S/C20H21FN2O3S/c1-14(2)22-20(24)12-23-11-19(16-8-4-6-10-18(16)23)27(25,26)13-15-7-3-5-9-17(15)21/h3-11,14H,12-13H2,1-2H3,(H,22,24). The molecule has 0 fully saturated rings. The summed E-state index contributed by atoms with van der Waals surface area (Å²) >= 11 is 0. The predicted molar refractivity (Wildman–Crippen MR) is 103 cm³/mol. The van der Waals surface area contributed by atoms with Crippen LogP contribution in [0.2, 0.25) is 0 Å². The molecule has 142 valence electrons. The highest BCUT2D eigenvalue weighted by Gasteiger charge is 2.23. The van der Waals surface area contributed by atoms with E-state index in [0.29, 0.717) is 10.9 Å². The van der Waals surface area contributed by atoms with E-state index in [4.69, 9.17) is 0 Å². The van der Waals surface area contributed by atoms with E-state index in [1.54, 1.807) is 34.9 Å². The lowest BCUT2D eigenvalue weighted by Crippen LogP contribution is -2.32. The number of rotatable bonds is 6. The molecule has 0 atom stereocenters. The number of halogens is 1. The Kier molecular flexibility index (Phi) is 5.32. The molecule has 0 spiro atoms. The van der Waals surface area contributed by atoms with E-state index >= 15 is 0 Å². The molecule has 27 heavy (non-hydrogen) atoms. The van der Waals surface area contributed by atoms with Gasteiger partial charge in [-0.05, 0) is 26.0 Å². The number of para-hydroxylation sites is 1. The van der Waals surface area contributed by atoms with Crippen molar-refractivity contribution in [3.05, 3.63) is 66.1 Å². The van der Waals surface area contributed by atoms with Crippen molar-refractivity contribution in [1.29, 1.82) is 0 Å². The van der Waals surface area contributed by atoms with Crippen LogP contribution in [0.1, 0.15) is 19.4 Å². The average Bonchev–Trinajstić information content (AvgIpc) is 2.96. The first-order chi connectivity index (χ1) is 12.8. The van der Waals surface area contributed by atoms with E-state index < -0.39 is 21.4 Å². The van der Waals surface area contributed by atoms with E-state index in [1.165, 1.54) is 24.4 Å². The van der Waals surface area contributed by atoms with Gasteiger partial charge in [0.25, 0.3) is 0 Å². The van der Waals surface area contributed by atoms with Crippen LogP contribution in [-0.2, 0) is 26.9 Å². The second-order valence-electron chi connectivity index (χ2n) is 6.71. The van der Waals surface area contributed by atoms with Gasteiger partial charge >= 0.3 is 0 Å². The summed E-state index contributed by atoms with van der Waals surface area (Å²) in [4.78, 5) is 12.2. The first kappa shape index (κ1) is 19.1. The predicted octanol–water partition coefficient (Wildman–Crippen LogP) is 3.28. The summed E-state index contributed by atoms with van der Waals surface area (Å²) < 4.78 is 41.5. The van der Waals surface area contributed by atoms with Crippen LogP contribution < -0.4 is 5.32 Å². The maximum Gasteiger partial charge on any atom is 0.240 e. The lowest BCUT2D eigenvalue weighted by molar-refractivity contribution is -0.122. The average molecular weight is 388 g/mol. The van der Waals surface area contributed by atoms with Gasteiger partial charge < -0.3 is 9.88 Å². The number of benzene rings is 2. The summed E-state index contributed by atoms with van der Waals surface area (Å²) in [5, 5.41) is 3.31. The number of nitrogens with one attached hydrogen (secondary N) is 1. The molecule has 0 aliphatic heterocycles. The molecule has 0 saturated carbocycles. The molecule has 1 aromatic heterocycles. The molecule has 0 unspecified atom stereocenters. The highest BCUT2D eigenvalue weighted by molar-refractivity contribution is 7.90. The fraction of sp³-hybridized carbons (Fsp3) is 0.250. The Hall–Kier alpha value is -2.67. The van der Waals surface area contributed by atoms with Gasteiger partial charge in [0.1, 0.15) is 12.4 Å². The van der Waals surface area contributed by atoms with Gasteiger partial charge in [0.2, 0.25) is 5.91 Å². The molecule has 1 amide bonds. The Morgan fingerprint density at radius 3 is 2.48 bits per heavy atom. The summed E-state index contributed by atoms with van der Waals surface area (Å²) in [7, 11) is -3.79. The van der Waals surface area contributed by atoms with Crippen molar-refractivity contribution in [2.24, 2.45) is 0 Å². The summed E-state index contributed by atoms with van der Waals surface area (Å²) in [5.41, 5.74) is 0.760. The number of amides is 1. The summed E-state index contributed by atoms with van der Waals surface area (Å²) in [6.45, 7) is 3.72. The van der Waals surface area contributed by atoms with Crippen molar-refractivity contribution in [1.82, 2.24) is 9.88 Å². The Balaban J connectivity index is 2.01. The molecule has 1 N–H and O–H groups in total. The van der Waals surface area contributed by atoms with E-state index in [9.17, 15) is 17.6 Å². The molecule has 0 saturated heterocycles. The van der Waals surface area contributed by atoms with Gasteiger partial charge in [0.15, 0.2) is 9.84 Å². The van der Waals surface area contributed by atoms with Gasteiger partial charge in [-0.15, -0.1) is 0 Å². The molecule has 5 nitrogen and oxygen atoms in total. The van der Waals surface area contributed by atoms with Gasteiger partial charge in [0.05, 0.1) is 10.6 Å². The van der Waals surface area contributed by atoms with E-state index in [1.807, 2.05) is 13.8 Å². The molecule has 3 aromatic rings. The van der Waals surface area contributed by atoms with Crippen LogP contribution in [0.25, 0.3) is 10.9 Å². The molecule has 3 rings (SSSR count). The van der Waals surface area contributed by atoms with Crippen molar-refractivity contribution >= 4 is 26.6 Å². The number of carbonyl (C=O) groups is 1. The maximum absolute atomic E-state index is 13.9. The topological polar surface area (TPSA) is 68.2 Å². The minimum absolute atomic E-state index is 0.00785. The second-order valence-corrected chi connectivity index (χ2v) is 8.67. The fourth-order valence-corrected chi connectivity index (χ4v) is 4.61. The minimum Gasteiger partial charge on any atom is -0.352 e. The van der Waals surface area contributed by atoms with Gasteiger partial charge in [-0.3, -0.25) is 4.79 Å². The molecular weight excluding hydrogens is 367 g/mol. The van der Waals surface area contributed by atoms with E-state index in [-0.39, 0.29) is 29.0 Å². The third-order valence-corrected chi connectivity index (χ3v) is 5.84. The fourth-order valence-electron chi connectivity index (χ4n) is 3.01. The lowest BCUT2D eigenvalue weighted by Gasteiger charge is -2.09. The Labute approximate surface area is 157 Å². The molecule has 0 aliphatic carbocycles. The van der Waals surface area contributed by atoms with Crippen LogP contribution in [0.3, 0.4) is 0 Å². The SMILES string of the molecule is CC(C)NC(=O)Cn1cc(S(=O)(=O)Cc2ccccc2F)c2ccccc21. The zero-order valence-electron chi connectivity index (χ0n) is 15.1. The van der Waals surface area contributed by atoms with Crippen LogP contribution >= 0.6 is 0 Å². The van der Waals surface area contributed by atoms with Crippen LogP contribution in [0.15, 0.2) is 59.6 Å². The van der Waals surface area contributed by atoms with Crippen molar-refractivity contribution in [3.8, 4) is 0 Å². The van der Waals surface area contributed by atoms with Crippen molar-refractivity contribution in [2.75, 3.05) is 0 Å². The smallest absolute Gasteiger partial charge is 0.240 e. The van der Waals surface area contributed by atoms with Gasteiger partial charge in [-0.2, -0.15) is 0 Å². The van der Waals surface area contributed by atoms with Gasteiger partial charge in [0, 0.05) is 28.7 Å². The van der Waals surface area contributed by atoms with Crippen LogP contribution in [-0.4, -0.2) is 24.9 Å². The Morgan fingerprint density at radius 2 is 1.78 bits per heavy atom. The highest BCUT2D eigenvalue weighted by Crippen LogP contribution is 2.28. The largest absolute Gasteiger partial charge is 0.352 e. The van der Waals surface area contributed by atoms with Crippen LogP contribution in [0.5, 0.6) is 0 Å². The first-order valence-electron chi connectivity index (χ1n) is 8.61. The van der Waals surface area contributed by atoms with Crippen molar-refractivity contribution in [2.45, 2.75) is 37.1 Å². The first-order valence-corrected chi connectivity index (χ1v) is 10.3. The number of carbonyl (C=O) groups excluding carboxylic acids is 1. The number of nitrogens with zero attached hydrogens (tertiary/aromatic N) is 1. The maximum atomic E-state index is 13.9. The molecule has 7 heteroatoms. The molecule has 0 radical (unpaired) electrons. The molecular formula is C20H21FN2O3S. The Bertz CT molecular complexity index is 1090. The van der Waals surface area contributed by atoms with Gasteiger partial charge in [-0.1, -0.05) is 36.4 Å². The highest BCUT2D eigenvalue weighted by atomic mass is 32.2. The summed E-state index contributed by atoms with van der Waals surface area (Å²) in [6.07, 6.45) is 1.46. The molecule has 2 aromatic carbocycles. The molecule has 1 heterocycles. The number of hydrogen-bond donors (Lipinski definition) is 1. The van der Waals surface area contributed by atoms with Crippen molar-refractivity contribution in [3.63, 3.8) is 0 Å². The summed E-state index contributed by atoms with van der Waals surface area (Å²) in [6, 6.07) is 12.8.